The highest BCUT2D eigenvalue weighted by Gasteiger charge is 2.38. The Labute approximate surface area is 463 Å². The maximum absolute atomic E-state index is 6.60. The van der Waals surface area contributed by atoms with E-state index in [4.69, 9.17) is 45.9 Å². The molecular formula is C68H43ClN8OS. The van der Waals surface area contributed by atoms with Gasteiger partial charge in [0.25, 0.3) is 0 Å². The molecule has 0 bridgehead atoms. The molecule has 0 amide bonds. The third kappa shape index (κ3) is 8.96. The number of thiophene rings is 1. The lowest BCUT2D eigenvalue weighted by molar-refractivity contribution is 0.669. The van der Waals surface area contributed by atoms with Crippen LogP contribution in [0.5, 0.6) is 0 Å². The second kappa shape index (κ2) is 19.4. The first kappa shape index (κ1) is 46.7. The number of aromatic nitrogens is 8. The number of hydrogen-bond donors (Lipinski definition) is 0. The van der Waals surface area contributed by atoms with Crippen LogP contribution in [0.3, 0.4) is 0 Å². The predicted octanol–water partition coefficient (Wildman–Crippen LogP) is 17.4. The highest BCUT2D eigenvalue weighted by atomic mass is 35.5. The number of hydrogen-bond acceptors (Lipinski definition) is 10. The maximum atomic E-state index is 6.60. The lowest BCUT2D eigenvalue weighted by Crippen LogP contribution is -2.00. The van der Waals surface area contributed by atoms with E-state index < -0.39 is 0 Å². The molecule has 2 atom stereocenters. The Morgan fingerprint density at radius 1 is 0.392 bits per heavy atom. The van der Waals surface area contributed by atoms with Crippen molar-refractivity contribution >= 4 is 65.2 Å². The van der Waals surface area contributed by atoms with Gasteiger partial charge in [-0.25, -0.2) is 29.9 Å². The molecule has 79 heavy (non-hydrogen) atoms. The fourth-order valence-electron chi connectivity index (χ4n) is 10.9. The predicted molar refractivity (Wildman–Crippen MR) is 318 cm³/mol. The second-order valence-electron chi connectivity index (χ2n) is 20.1. The molecule has 15 rings (SSSR count). The average Bonchev–Trinajstić information content (AvgIpc) is 4.14. The molecular weight excluding hydrogens is 1010 g/mol. The van der Waals surface area contributed by atoms with Gasteiger partial charge in [0.1, 0.15) is 11.2 Å². The first-order chi connectivity index (χ1) is 39.0. The summed E-state index contributed by atoms with van der Waals surface area (Å²) in [5.74, 6) is 4.51. The number of nitrogens with zero attached hydrogens (tertiary/aromatic N) is 8. The van der Waals surface area contributed by atoms with Gasteiger partial charge in [-0.15, -0.1) is 11.3 Å². The molecule has 9 nitrogen and oxygen atoms in total. The van der Waals surface area contributed by atoms with Gasteiger partial charge in [-0.05, 0) is 113 Å². The molecule has 5 aromatic heterocycles. The highest BCUT2D eigenvalue weighted by Crippen LogP contribution is 2.50. The highest BCUT2D eigenvalue weighted by molar-refractivity contribution is 7.26. The summed E-state index contributed by atoms with van der Waals surface area (Å²) in [4.78, 5) is 39.6. The summed E-state index contributed by atoms with van der Waals surface area (Å²) in [6.07, 6.45) is 2.01. The van der Waals surface area contributed by atoms with Crippen LogP contribution in [0.2, 0.25) is 5.28 Å². The van der Waals surface area contributed by atoms with Crippen LogP contribution >= 0.6 is 22.9 Å². The number of fused-ring (bicyclic) bond motifs is 6. The normalized spacial score (nSPS) is 14.1. The van der Waals surface area contributed by atoms with E-state index in [-0.39, 0.29) is 5.28 Å². The van der Waals surface area contributed by atoms with Gasteiger partial charge in [-0.1, -0.05) is 170 Å². The van der Waals surface area contributed by atoms with Gasteiger partial charge in [0.05, 0.1) is 15.9 Å². The molecule has 1 aliphatic carbocycles. The summed E-state index contributed by atoms with van der Waals surface area (Å²) in [6, 6.07) is 77.1. The van der Waals surface area contributed by atoms with E-state index in [1.54, 1.807) is 11.3 Å². The minimum Gasteiger partial charge on any atom is -0.456 e. The molecule has 0 spiro atoms. The van der Waals surface area contributed by atoms with E-state index in [2.05, 4.69) is 149 Å². The van der Waals surface area contributed by atoms with Crippen molar-refractivity contribution in [3.63, 3.8) is 0 Å². The molecule has 1 fully saturated rings. The summed E-state index contributed by atoms with van der Waals surface area (Å²) < 4.78 is 8.88. The third-order valence-corrected chi connectivity index (χ3v) is 16.3. The standard InChI is InChI=1S/C68H43ClN8OS/c69-68-76-63(43-20-8-3-9-21-43)74-67(77-68)47-24-12-15-40(33-47)34-51-38-54(51)46-23-14-26-49(36-46)65-72-62(42-18-6-2-7-19-42)73-66(75-65)50-30-32-56-55(37-50)52-31-29-45(39-57(52)78-56)44-22-13-25-48(35-44)64-70-59(41-16-4-1-5-17-41)61-60(71-64)53-27-10-11-28-58(53)79-61/h1-33,35-37,39,51,54H,34,38H2/t51?,54-/m1/s1. The Bertz CT molecular complexity index is 4660. The fraction of sp³-hybridized carbons (Fsp3) is 0.0588. The Morgan fingerprint density at radius 3 is 1.68 bits per heavy atom. The second-order valence-corrected chi connectivity index (χ2v) is 21.5. The molecule has 11 heteroatoms. The molecule has 0 aliphatic heterocycles. The lowest BCUT2D eigenvalue weighted by atomic mass is 10.0. The molecule has 5 heterocycles. The molecule has 1 aliphatic rings. The van der Waals surface area contributed by atoms with Gasteiger partial charge in [0.2, 0.25) is 5.28 Å². The monoisotopic (exact) mass is 1050 g/mol. The molecule has 0 N–H and O–H groups in total. The van der Waals surface area contributed by atoms with E-state index in [1.165, 1.54) is 15.8 Å². The van der Waals surface area contributed by atoms with E-state index in [0.717, 1.165) is 106 Å². The molecule has 1 unspecified atom stereocenters. The van der Waals surface area contributed by atoms with Crippen molar-refractivity contribution in [2.24, 2.45) is 5.92 Å². The number of rotatable bonds is 11. The minimum absolute atomic E-state index is 0.172. The lowest BCUT2D eigenvalue weighted by Gasteiger charge is -2.10. The molecule has 374 valence electrons. The zero-order valence-corrected chi connectivity index (χ0v) is 43.8. The SMILES string of the molecule is Clc1nc(-c2ccccc2)nc(-c2cccc(CC3C[C@@H]3c3cccc(-c4nc(-c5ccccc5)nc(-c5ccc6oc7cc(-c8cccc(-c9nc(-c%10ccccc%10)c%10sc%11ccccc%11c%10n9)c8)ccc7c6c5)n4)c3)c2)n1. The van der Waals surface area contributed by atoms with Gasteiger partial charge in [-0.3, -0.25) is 0 Å². The maximum Gasteiger partial charge on any atom is 0.226 e. The largest absolute Gasteiger partial charge is 0.456 e. The average molecular weight is 1060 g/mol. The van der Waals surface area contributed by atoms with Crippen molar-refractivity contribution in [3.05, 3.63) is 241 Å². The van der Waals surface area contributed by atoms with Crippen LogP contribution in [-0.2, 0) is 6.42 Å². The quantitative estimate of drug-likeness (QED) is 0.125. The fourth-order valence-corrected chi connectivity index (χ4v) is 12.2. The first-order valence-corrected chi connectivity index (χ1v) is 27.5. The zero-order chi connectivity index (χ0) is 52.4. The van der Waals surface area contributed by atoms with Crippen molar-refractivity contribution in [1.82, 2.24) is 39.9 Å². The van der Waals surface area contributed by atoms with Gasteiger partial charge < -0.3 is 4.42 Å². The molecule has 1 saturated carbocycles. The summed E-state index contributed by atoms with van der Waals surface area (Å²) in [5.41, 5.74) is 14.6. The van der Waals surface area contributed by atoms with Crippen LogP contribution in [-0.4, -0.2) is 39.9 Å². The summed E-state index contributed by atoms with van der Waals surface area (Å²) in [6.45, 7) is 0. The van der Waals surface area contributed by atoms with Gasteiger partial charge in [0, 0.05) is 59.8 Å². The first-order valence-electron chi connectivity index (χ1n) is 26.3. The number of benzene rings is 9. The molecule has 0 radical (unpaired) electrons. The van der Waals surface area contributed by atoms with Crippen molar-refractivity contribution in [1.29, 1.82) is 0 Å². The van der Waals surface area contributed by atoms with Gasteiger partial charge >= 0.3 is 0 Å². The number of halogens is 1. The topological polar surface area (TPSA) is 116 Å². The van der Waals surface area contributed by atoms with Crippen LogP contribution in [0.15, 0.2) is 229 Å². The van der Waals surface area contributed by atoms with Gasteiger partial charge in [0.15, 0.2) is 34.9 Å². The molecule has 9 aromatic carbocycles. The van der Waals surface area contributed by atoms with Crippen molar-refractivity contribution < 1.29 is 4.42 Å². The Hall–Kier alpha value is -9.61. The van der Waals surface area contributed by atoms with Crippen LogP contribution in [0.1, 0.15) is 23.5 Å². The van der Waals surface area contributed by atoms with Crippen LogP contribution < -0.4 is 0 Å². The Balaban J connectivity index is 0.721. The molecule has 0 saturated heterocycles. The van der Waals surface area contributed by atoms with E-state index in [1.807, 2.05) is 84.9 Å². The minimum atomic E-state index is 0.172. The van der Waals surface area contributed by atoms with E-state index in [0.29, 0.717) is 46.8 Å². The van der Waals surface area contributed by atoms with Crippen LogP contribution in [0.4, 0.5) is 0 Å². The van der Waals surface area contributed by atoms with Crippen LogP contribution in [0, 0.1) is 5.92 Å². The summed E-state index contributed by atoms with van der Waals surface area (Å²) >= 11 is 8.17. The van der Waals surface area contributed by atoms with Gasteiger partial charge in [-0.2, -0.15) is 9.97 Å². The zero-order valence-electron chi connectivity index (χ0n) is 42.2. The van der Waals surface area contributed by atoms with Crippen LogP contribution in [0.25, 0.3) is 133 Å². The molecule has 14 aromatic rings. The van der Waals surface area contributed by atoms with E-state index >= 15 is 0 Å². The van der Waals surface area contributed by atoms with Crippen molar-refractivity contribution in [2.75, 3.05) is 0 Å². The third-order valence-electron chi connectivity index (χ3n) is 14.9. The smallest absolute Gasteiger partial charge is 0.226 e. The summed E-state index contributed by atoms with van der Waals surface area (Å²) in [5, 5.41) is 3.30. The Kier molecular flexibility index (Phi) is 11.5. The Morgan fingerprint density at radius 2 is 0.937 bits per heavy atom. The number of furan rings is 1. The van der Waals surface area contributed by atoms with Crippen molar-refractivity contribution in [3.8, 4) is 90.7 Å². The summed E-state index contributed by atoms with van der Waals surface area (Å²) in [7, 11) is 0. The van der Waals surface area contributed by atoms with Crippen molar-refractivity contribution in [2.45, 2.75) is 18.8 Å². The van der Waals surface area contributed by atoms with E-state index in [9.17, 15) is 0 Å².